The Labute approximate surface area is 263 Å². The summed E-state index contributed by atoms with van der Waals surface area (Å²) in [6, 6.07) is 18.9. The summed E-state index contributed by atoms with van der Waals surface area (Å²) >= 11 is 12.5. The highest BCUT2D eigenvalue weighted by molar-refractivity contribution is 7.93. The molecule has 0 atom stereocenters. The lowest BCUT2D eigenvalue weighted by atomic mass is 10.2. The minimum atomic E-state index is -4.19. The molecular formula is C29H25Cl2FN4O6S2. The molecule has 15 heteroatoms. The molecule has 0 unspecified atom stereocenters. The highest BCUT2D eigenvalue weighted by Crippen LogP contribution is 2.33. The third-order valence-electron chi connectivity index (χ3n) is 6.59. The van der Waals surface area contributed by atoms with E-state index in [4.69, 9.17) is 27.9 Å². The van der Waals surface area contributed by atoms with Gasteiger partial charge in [0.15, 0.2) is 0 Å². The Morgan fingerprint density at radius 1 is 0.750 bits per heavy atom. The molecule has 0 aliphatic carbocycles. The number of nitrogens with one attached hydrogen (secondary N) is 3. The van der Waals surface area contributed by atoms with Gasteiger partial charge in [0, 0.05) is 18.8 Å². The van der Waals surface area contributed by atoms with E-state index in [0.717, 1.165) is 18.2 Å². The number of para-hydroxylation sites is 1. The molecule has 4 aromatic carbocycles. The standard InChI is InChI=1S/C29H25Cl2FN4O6S2/c30-24-11-9-21(43(38,39)34-20-7-5-19(32)6-8-20)17-23(24)29(37)33-27-18-22(10-12-28(27)36-13-15-42-16-14-36)44(40,41)35-26-4-2-1-3-25(26)31/h1-12,17-18,34-35H,13-16H2,(H,33,37). The van der Waals surface area contributed by atoms with Gasteiger partial charge in [-0.1, -0.05) is 35.3 Å². The second-order valence-electron chi connectivity index (χ2n) is 9.57. The van der Waals surface area contributed by atoms with Gasteiger partial charge in [0.05, 0.1) is 55.7 Å². The van der Waals surface area contributed by atoms with Gasteiger partial charge in [0.25, 0.3) is 26.0 Å². The summed E-state index contributed by atoms with van der Waals surface area (Å²) in [5.41, 5.74) is 0.787. The van der Waals surface area contributed by atoms with E-state index >= 15 is 0 Å². The Morgan fingerprint density at radius 3 is 2.09 bits per heavy atom. The van der Waals surface area contributed by atoms with Crippen LogP contribution in [0.1, 0.15) is 10.4 Å². The zero-order valence-corrected chi connectivity index (χ0v) is 25.9. The highest BCUT2D eigenvalue weighted by atomic mass is 35.5. The normalized spacial score (nSPS) is 13.8. The number of rotatable bonds is 9. The van der Waals surface area contributed by atoms with E-state index in [9.17, 15) is 26.0 Å². The second-order valence-corrected chi connectivity index (χ2v) is 13.8. The van der Waals surface area contributed by atoms with Crippen molar-refractivity contribution in [2.45, 2.75) is 9.79 Å². The van der Waals surface area contributed by atoms with Crippen LogP contribution in [0.25, 0.3) is 0 Å². The van der Waals surface area contributed by atoms with Gasteiger partial charge in [0.2, 0.25) is 0 Å². The van der Waals surface area contributed by atoms with E-state index < -0.39 is 31.8 Å². The molecule has 0 bridgehead atoms. The lowest BCUT2D eigenvalue weighted by molar-refractivity contribution is 0.102. The predicted molar refractivity (Wildman–Crippen MR) is 168 cm³/mol. The lowest BCUT2D eigenvalue weighted by Gasteiger charge is -2.31. The molecule has 5 rings (SSSR count). The van der Waals surface area contributed by atoms with Crippen molar-refractivity contribution in [2.24, 2.45) is 0 Å². The van der Waals surface area contributed by atoms with Crippen LogP contribution in [-0.4, -0.2) is 49.0 Å². The van der Waals surface area contributed by atoms with Crippen molar-refractivity contribution in [2.75, 3.05) is 46.0 Å². The molecule has 1 aliphatic heterocycles. The zero-order chi connectivity index (χ0) is 31.5. The van der Waals surface area contributed by atoms with Gasteiger partial charge < -0.3 is 15.0 Å². The van der Waals surface area contributed by atoms with Crippen molar-refractivity contribution in [3.05, 3.63) is 106 Å². The smallest absolute Gasteiger partial charge is 0.262 e. The fourth-order valence-electron chi connectivity index (χ4n) is 4.38. The highest BCUT2D eigenvalue weighted by Gasteiger charge is 2.24. The van der Waals surface area contributed by atoms with Crippen LogP contribution in [0.15, 0.2) is 94.7 Å². The number of carbonyl (C=O) groups excluding carboxylic acids is 1. The fourth-order valence-corrected chi connectivity index (χ4v) is 7.01. The van der Waals surface area contributed by atoms with Crippen LogP contribution in [0.3, 0.4) is 0 Å². The van der Waals surface area contributed by atoms with Gasteiger partial charge in [-0.05, 0) is 72.8 Å². The summed E-state index contributed by atoms with van der Waals surface area (Å²) in [6.07, 6.45) is 0. The zero-order valence-electron chi connectivity index (χ0n) is 22.8. The van der Waals surface area contributed by atoms with Crippen molar-refractivity contribution in [3.8, 4) is 0 Å². The Morgan fingerprint density at radius 2 is 1.39 bits per heavy atom. The van der Waals surface area contributed by atoms with Crippen LogP contribution < -0.4 is 19.7 Å². The van der Waals surface area contributed by atoms with E-state index in [-0.39, 0.29) is 42.5 Å². The summed E-state index contributed by atoms with van der Waals surface area (Å²) < 4.78 is 76.1. The Kier molecular flexibility index (Phi) is 9.32. The van der Waals surface area contributed by atoms with Crippen LogP contribution in [0.5, 0.6) is 0 Å². The van der Waals surface area contributed by atoms with E-state index in [1.165, 1.54) is 42.5 Å². The third kappa shape index (κ3) is 7.25. The quantitative estimate of drug-likeness (QED) is 0.203. The third-order valence-corrected chi connectivity index (χ3v) is 9.99. The molecule has 0 radical (unpaired) electrons. The number of ether oxygens (including phenoxy) is 1. The van der Waals surface area contributed by atoms with Gasteiger partial charge in [-0.15, -0.1) is 0 Å². The van der Waals surface area contributed by atoms with Gasteiger partial charge >= 0.3 is 0 Å². The maximum Gasteiger partial charge on any atom is 0.262 e. The number of benzene rings is 4. The maximum atomic E-state index is 13.6. The SMILES string of the molecule is O=C(Nc1cc(S(=O)(=O)Nc2ccccc2Cl)ccc1N1CCOCC1)c1cc(S(=O)(=O)Nc2ccc(F)cc2)ccc1Cl. The number of hydrogen-bond acceptors (Lipinski definition) is 7. The molecule has 0 spiro atoms. The monoisotopic (exact) mass is 678 g/mol. The number of anilines is 4. The fraction of sp³-hybridized carbons (Fsp3) is 0.138. The molecule has 10 nitrogen and oxygen atoms in total. The van der Waals surface area contributed by atoms with Crippen LogP contribution >= 0.6 is 23.2 Å². The number of carbonyl (C=O) groups is 1. The first-order chi connectivity index (χ1) is 20.9. The molecular weight excluding hydrogens is 654 g/mol. The molecule has 0 saturated carbocycles. The lowest BCUT2D eigenvalue weighted by Crippen LogP contribution is -2.36. The second kappa shape index (κ2) is 13.0. The van der Waals surface area contributed by atoms with Crippen molar-refractivity contribution in [3.63, 3.8) is 0 Å². The minimum absolute atomic E-state index is 0.0414. The molecule has 1 amide bonds. The van der Waals surface area contributed by atoms with Crippen molar-refractivity contribution < 1.29 is 30.8 Å². The summed E-state index contributed by atoms with van der Waals surface area (Å²) in [6.45, 7) is 1.81. The summed E-state index contributed by atoms with van der Waals surface area (Å²) in [5.74, 6) is -1.32. The van der Waals surface area contributed by atoms with Crippen molar-refractivity contribution in [1.29, 1.82) is 0 Å². The number of hydrogen-bond donors (Lipinski definition) is 3. The number of sulfonamides is 2. The number of halogens is 3. The van der Waals surface area contributed by atoms with Crippen molar-refractivity contribution in [1.82, 2.24) is 0 Å². The number of amides is 1. The molecule has 0 aromatic heterocycles. The van der Waals surface area contributed by atoms with Crippen molar-refractivity contribution >= 4 is 71.9 Å². The van der Waals surface area contributed by atoms with Gasteiger partial charge in [-0.2, -0.15) is 0 Å². The topological polar surface area (TPSA) is 134 Å². The van der Waals surface area contributed by atoms with E-state index in [1.54, 1.807) is 24.3 Å². The Hall–Kier alpha value is -3.88. The van der Waals surface area contributed by atoms with Gasteiger partial charge in [0.1, 0.15) is 5.82 Å². The molecule has 230 valence electrons. The van der Waals surface area contributed by atoms with Crippen LogP contribution in [0.4, 0.5) is 27.1 Å². The van der Waals surface area contributed by atoms with Crippen LogP contribution in [0.2, 0.25) is 10.0 Å². The molecule has 3 N–H and O–H groups in total. The molecule has 1 aliphatic rings. The molecule has 44 heavy (non-hydrogen) atoms. The van der Waals surface area contributed by atoms with E-state index in [0.29, 0.717) is 32.0 Å². The maximum absolute atomic E-state index is 13.6. The summed E-state index contributed by atoms with van der Waals surface area (Å²) in [7, 11) is -8.33. The first kappa shape index (κ1) is 31.5. The minimum Gasteiger partial charge on any atom is -0.378 e. The van der Waals surface area contributed by atoms with Crippen LogP contribution in [0, 0.1) is 5.82 Å². The Balaban J connectivity index is 1.47. The number of nitrogens with zero attached hydrogens (tertiary/aromatic N) is 1. The summed E-state index contributed by atoms with van der Waals surface area (Å²) in [5, 5.41) is 2.87. The van der Waals surface area contributed by atoms with Crippen LogP contribution in [-0.2, 0) is 24.8 Å². The first-order valence-electron chi connectivity index (χ1n) is 13.1. The Bertz CT molecular complexity index is 1920. The van der Waals surface area contributed by atoms with Gasteiger partial charge in [-0.3, -0.25) is 14.2 Å². The first-order valence-corrected chi connectivity index (χ1v) is 16.8. The largest absolute Gasteiger partial charge is 0.378 e. The van der Waals surface area contributed by atoms with E-state index in [2.05, 4.69) is 14.8 Å². The molecule has 1 heterocycles. The summed E-state index contributed by atoms with van der Waals surface area (Å²) in [4.78, 5) is 15.1. The average molecular weight is 680 g/mol. The average Bonchev–Trinajstić information content (AvgIpc) is 3.00. The molecule has 1 fully saturated rings. The number of morpholine rings is 1. The van der Waals surface area contributed by atoms with E-state index in [1.807, 2.05) is 4.90 Å². The molecule has 4 aromatic rings. The van der Waals surface area contributed by atoms with Gasteiger partial charge in [-0.25, -0.2) is 21.2 Å². The molecule has 1 saturated heterocycles. The predicted octanol–water partition coefficient (Wildman–Crippen LogP) is 5.82.